The van der Waals surface area contributed by atoms with Gasteiger partial charge in [0, 0.05) is 5.33 Å². The Bertz CT molecular complexity index is 127. The molecular weight excluding hydrogens is 224 g/mol. The van der Waals surface area contributed by atoms with Crippen LogP contribution in [-0.2, 0) is 0 Å². The van der Waals surface area contributed by atoms with E-state index in [1.807, 2.05) is 0 Å². The van der Waals surface area contributed by atoms with Crippen molar-refractivity contribution in [3.8, 4) is 0 Å². The molecule has 0 radical (unpaired) electrons. The maximum atomic E-state index is 3.68. The highest BCUT2D eigenvalue weighted by atomic mass is 79.9. The smallest absolute Gasteiger partial charge is 0.00624 e. The van der Waals surface area contributed by atoms with E-state index in [1.54, 1.807) is 0 Å². The summed E-state index contributed by atoms with van der Waals surface area (Å²) >= 11 is 3.68. The van der Waals surface area contributed by atoms with Crippen molar-refractivity contribution in [3.05, 3.63) is 0 Å². The van der Waals surface area contributed by atoms with Crippen molar-refractivity contribution in [2.75, 3.05) is 5.33 Å². The monoisotopic (exact) mass is 246 g/mol. The van der Waals surface area contributed by atoms with Crippen molar-refractivity contribution in [3.63, 3.8) is 0 Å². The average molecular weight is 247 g/mol. The molecule has 1 saturated carbocycles. The molecule has 0 amide bonds. The minimum absolute atomic E-state index is 0.920. The topological polar surface area (TPSA) is 0 Å². The molecule has 1 aliphatic rings. The molecule has 0 N–H and O–H groups in total. The molecule has 2 atom stereocenters. The predicted octanol–water partition coefficient (Wildman–Crippen LogP) is 4.62. The van der Waals surface area contributed by atoms with E-state index >= 15 is 0 Å². The zero-order chi connectivity index (χ0) is 9.68. The Kier molecular flexibility index (Phi) is 5.38. The van der Waals surface area contributed by atoms with Gasteiger partial charge in [0.2, 0.25) is 0 Å². The Morgan fingerprint density at radius 3 is 2.38 bits per heavy atom. The summed E-state index contributed by atoms with van der Waals surface area (Å²) in [5.41, 5.74) is 0. The third-order valence-electron chi connectivity index (χ3n) is 3.67. The molecule has 1 fully saturated rings. The summed E-state index contributed by atoms with van der Waals surface area (Å²) in [6, 6.07) is 0. The minimum Gasteiger partial charge on any atom is -0.0925 e. The molecule has 0 aliphatic heterocycles. The van der Waals surface area contributed by atoms with E-state index in [1.165, 1.54) is 43.9 Å². The van der Waals surface area contributed by atoms with Gasteiger partial charge in [0.05, 0.1) is 0 Å². The number of hydrogen-bond donors (Lipinski definition) is 0. The zero-order valence-corrected chi connectivity index (χ0v) is 10.6. The molecule has 0 aromatic heterocycles. The highest BCUT2D eigenvalue weighted by Crippen LogP contribution is 2.35. The minimum atomic E-state index is 0.920. The quantitative estimate of drug-likeness (QED) is 0.621. The lowest BCUT2D eigenvalue weighted by Crippen LogP contribution is -2.16. The van der Waals surface area contributed by atoms with Crippen LogP contribution in [0.3, 0.4) is 0 Å². The lowest BCUT2D eigenvalue weighted by atomic mass is 9.84. The average Bonchev–Trinajstić information content (AvgIpc) is 2.66. The molecule has 13 heavy (non-hydrogen) atoms. The van der Waals surface area contributed by atoms with E-state index in [-0.39, 0.29) is 0 Å². The van der Waals surface area contributed by atoms with Crippen LogP contribution in [0.15, 0.2) is 0 Å². The third-order valence-corrected chi connectivity index (χ3v) is 4.50. The number of alkyl halides is 1. The fourth-order valence-corrected chi connectivity index (χ4v) is 3.29. The van der Waals surface area contributed by atoms with Gasteiger partial charge in [-0.05, 0) is 24.2 Å². The van der Waals surface area contributed by atoms with Gasteiger partial charge in [0.15, 0.2) is 0 Å². The Balaban J connectivity index is 2.32. The molecule has 0 aromatic carbocycles. The van der Waals surface area contributed by atoms with Crippen LogP contribution < -0.4 is 0 Å². The second-order valence-corrected chi connectivity index (χ2v) is 5.36. The summed E-state index contributed by atoms with van der Waals surface area (Å²) in [4.78, 5) is 0. The normalized spacial score (nSPS) is 23.3. The molecule has 1 heteroatoms. The van der Waals surface area contributed by atoms with Gasteiger partial charge in [0.1, 0.15) is 0 Å². The molecule has 0 aromatic rings. The van der Waals surface area contributed by atoms with E-state index in [2.05, 4.69) is 29.8 Å². The van der Waals surface area contributed by atoms with Crippen LogP contribution in [0.2, 0.25) is 0 Å². The van der Waals surface area contributed by atoms with Gasteiger partial charge < -0.3 is 0 Å². The fourth-order valence-electron chi connectivity index (χ4n) is 2.49. The second-order valence-electron chi connectivity index (χ2n) is 4.71. The van der Waals surface area contributed by atoms with Crippen LogP contribution in [0.5, 0.6) is 0 Å². The predicted molar refractivity (Wildman–Crippen MR) is 63.3 cm³/mol. The maximum Gasteiger partial charge on any atom is 0.00624 e. The highest BCUT2D eigenvalue weighted by molar-refractivity contribution is 9.09. The molecule has 0 heterocycles. The van der Waals surface area contributed by atoms with Crippen molar-refractivity contribution in [1.29, 1.82) is 0 Å². The summed E-state index contributed by atoms with van der Waals surface area (Å²) in [6.45, 7) is 4.70. The lowest BCUT2D eigenvalue weighted by Gasteiger charge is -2.23. The second kappa shape index (κ2) is 6.06. The molecule has 0 nitrogen and oxygen atoms in total. The SMILES string of the molecule is CCC(C)CC(CBr)C1CCCC1. The number of rotatable bonds is 5. The summed E-state index contributed by atoms with van der Waals surface area (Å²) < 4.78 is 0. The van der Waals surface area contributed by atoms with Crippen LogP contribution in [0, 0.1) is 17.8 Å². The van der Waals surface area contributed by atoms with Gasteiger partial charge >= 0.3 is 0 Å². The summed E-state index contributed by atoms with van der Waals surface area (Å²) in [5.74, 6) is 2.91. The summed E-state index contributed by atoms with van der Waals surface area (Å²) in [6.07, 6.45) is 8.73. The highest BCUT2D eigenvalue weighted by Gasteiger charge is 2.24. The largest absolute Gasteiger partial charge is 0.0925 e. The van der Waals surface area contributed by atoms with Crippen molar-refractivity contribution in [1.82, 2.24) is 0 Å². The summed E-state index contributed by atoms with van der Waals surface area (Å²) in [5, 5.41) is 1.22. The Hall–Kier alpha value is 0.480. The van der Waals surface area contributed by atoms with Crippen LogP contribution in [0.1, 0.15) is 52.4 Å². The number of halogens is 1. The van der Waals surface area contributed by atoms with Gasteiger partial charge in [-0.1, -0.05) is 61.9 Å². The van der Waals surface area contributed by atoms with Gasteiger partial charge in [0.25, 0.3) is 0 Å². The Morgan fingerprint density at radius 2 is 1.92 bits per heavy atom. The van der Waals surface area contributed by atoms with Crippen LogP contribution >= 0.6 is 15.9 Å². The van der Waals surface area contributed by atoms with E-state index in [4.69, 9.17) is 0 Å². The van der Waals surface area contributed by atoms with E-state index in [9.17, 15) is 0 Å². The molecule has 0 saturated heterocycles. The first-order chi connectivity index (χ1) is 6.27. The first-order valence-corrected chi connectivity index (χ1v) is 6.96. The van der Waals surface area contributed by atoms with E-state index in [0.717, 1.165) is 17.8 Å². The molecule has 0 spiro atoms. The molecule has 0 bridgehead atoms. The Labute approximate surface area is 91.6 Å². The lowest BCUT2D eigenvalue weighted by molar-refractivity contribution is 0.303. The van der Waals surface area contributed by atoms with Crippen molar-refractivity contribution in [2.24, 2.45) is 17.8 Å². The molecular formula is C12H23Br. The van der Waals surface area contributed by atoms with Crippen molar-refractivity contribution in [2.45, 2.75) is 52.4 Å². The van der Waals surface area contributed by atoms with Gasteiger partial charge in [-0.15, -0.1) is 0 Å². The van der Waals surface area contributed by atoms with Gasteiger partial charge in [-0.3, -0.25) is 0 Å². The first-order valence-electron chi connectivity index (χ1n) is 5.83. The summed E-state index contributed by atoms with van der Waals surface area (Å²) in [7, 11) is 0. The molecule has 78 valence electrons. The van der Waals surface area contributed by atoms with Crippen LogP contribution in [0.4, 0.5) is 0 Å². The Morgan fingerprint density at radius 1 is 1.31 bits per heavy atom. The standard InChI is InChI=1S/C12H23Br/c1-3-10(2)8-12(9-13)11-6-4-5-7-11/h10-12H,3-9H2,1-2H3. The number of hydrogen-bond acceptors (Lipinski definition) is 0. The van der Waals surface area contributed by atoms with Crippen LogP contribution in [0.25, 0.3) is 0 Å². The first kappa shape index (κ1) is 11.6. The zero-order valence-electron chi connectivity index (χ0n) is 9.06. The van der Waals surface area contributed by atoms with Crippen molar-refractivity contribution >= 4 is 15.9 Å². The third kappa shape index (κ3) is 3.61. The fraction of sp³-hybridized carbons (Fsp3) is 1.00. The maximum absolute atomic E-state index is 3.68. The van der Waals surface area contributed by atoms with Crippen molar-refractivity contribution < 1.29 is 0 Å². The van der Waals surface area contributed by atoms with Gasteiger partial charge in [-0.2, -0.15) is 0 Å². The molecule has 1 rings (SSSR count). The molecule has 2 unspecified atom stereocenters. The molecule has 1 aliphatic carbocycles. The van der Waals surface area contributed by atoms with E-state index < -0.39 is 0 Å². The van der Waals surface area contributed by atoms with E-state index in [0.29, 0.717) is 0 Å². The van der Waals surface area contributed by atoms with Gasteiger partial charge in [-0.25, -0.2) is 0 Å². The van der Waals surface area contributed by atoms with Crippen LogP contribution in [-0.4, -0.2) is 5.33 Å².